The first-order valence-electron chi connectivity index (χ1n) is 4.46. The summed E-state index contributed by atoms with van der Waals surface area (Å²) in [6, 6.07) is 4.75. The summed E-state index contributed by atoms with van der Waals surface area (Å²) in [6.45, 7) is -0.0524. The zero-order chi connectivity index (χ0) is 12.0. The highest BCUT2D eigenvalue weighted by Crippen LogP contribution is 2.25. The number of ether oxygens (including phenoxy) is 1. The predicted octanol–water partition coefficient (Wildman–Crippen LogP) is 1.49. The van der Waals surface area contributed by atoms with Gasteiger partial charge in [-0.2, -0.15) is 0 Å². The largest absolute Gasteiger partial charge is 0.375 e. The second-order valence-electron chi connectivity index (χ2n) is 2.93. The summed E-state index contributed by atoms with van der Waals surface area (Å²) in [5, 5.41) is 5.49. The van der Waals surface area contributed by atoms with Gasteiger partial charge < -0.3 is 15.4 Å². The van der Waals surface area contributed by atoms with E-state index in [4.69, 9.17) is 11.6 Å². The van der Waals surface area contributed by atoms with Gasteiger partial charge in [-0.15, -0.1) is 0 Å². The minimum Gasteiger partial charge on any atom is -0.375 e. The minimum atomic E-state index is -0.307. The third-order valence-corrected chi connectivity index (χ3v) is 1.98. The van der Waals surface area contributed by atoms with Crippen LogP contribution in [-0.2, 0) is 14.3 Å². The van der Waals surface area contributed by atoms with E-state index in [1.165, 1.54) is 7.11 Å². The molecule has 1 aromatic carbocycles. The molecule has 0 saturated carbocycles. The molecule has 0 atom stereocenters. The Morgan fingerprint density at radius 1 is 1.50 bits per heavy atom. The molecule has 0 aliphatic heterocycles. The summed E-state index contributed by atoms with van der Waals surface area (Å²) in [6.07, 6.45) is 0.512. The molecule has 0 heterocycles. The molecule has 0 unspecified atom stereocenters. The number of hydrogen-bond acceptors (Lipinski definition) is 3. The van der Waals surface area contributed by atoms with Crippen molar-refractivity contribution in [1.29, 1.82) is 0 Å². The fraction of sp³-hybridized carbons (Fsp3) is 0.200. The molecule has 0 aliphatic carbocycles. The molecule has 16 heavy (non-hydrogen) atoms. The van der Waals surface area contributed by atoms with Gasteiger partial charge in [-0.25, -0.2) is 0 Å². The van der Waals surface area contributed by atoms with Crippen molar-refractivity contribution < 1.29 is 14.3 Å². The first kappa shape index (κ1) is 12.5. The number of benzene rings is 1. The lowest BCUT2D eigenvalue weighted by molar-refractivity contribution is -0.119. The molecule has 1 aromatic rings. The van der Waals surface area contributed by atoms with E-state index < -0.39 is 0 Å². The van der Waals surface area contributed by atoms with Crippen LogP contribution < -0.4 is 10.6 Å². The molecule has 0 saturated heterocycles. The first-order chi connectivity index (χ1) is 7.67. The number of carbonyl (C=O) groups excluding carboxylic acids is 2. The monoisotopic (exact) mass is 242 g/mol. The summed E-state index contributed by atoms with van der Waals surface area (Å²) in [7, 11) is 1.42. The van der Waals surface area contributed by atoms with Crippen molar-refractivity contribution in [2.75, 3.05) is 24.4 Å². The summed E-state index contributed by atoms with van der Waals surface area (Å²) < 4.78 is 4.67. The molecule has 5 nitrogen and oxygen atoms in total. The van der Waals surface area contributed by atoms with E-state index in [0.29, 0.717) is 22.8 Å². The normalized spacial score (nSPS) is 9.62. The fourth-order valence-electron chi connectivity index (χ4n) is 1.13. The average Bonchev–Trinajstić information content (AvgIpc) is 2.23. The quantitative estimate of drug-likeness (QED) is 0.769. The van der Waals surface area contributed by atoms with Gasteiger partial charge in [0.15, 0.2) is 0 Å². The van der Waals surface area contributed by atoms with E-state index >= 15 is 0 Å². The van der Waals surface area contributed by atoms with Gasteiger partial charge in [-0.05, 0) is 18.2 Å². The van der Waals surface area contributed by atoms with E-state index in [2.05, 4.69) is 15.4 Å². The molecule has 6 heteroatoms. The maximum atomic E-state index is 11.3. The lowest BCUT2D eigenvalue weighted by Gasteiger charge is -2.10. The van der Waals surface area contributed by atoms with Crippen molar-refractivity contribution in [2.24, 2.45) is 0 Å². The molecule has 0 radical (unpaired) electrons. The summed E-state index contributed by atoms with van der Waals surface area (Å²) in [5.41, 5.74) is 0.908. The molecule has 0 fully saturated rings. The van der Waals surface area contributed by atoms with E-state index in [1.807, 2.05) is 0 Å². The Morgan fingerprint density at radius 3 is 2.88 bits per heavy atom. The fourth-order valence-corrected chi connectivity index (χ4v) is 1.30. The zero-order valence-corrected chi connectivity index (χ0v) is 9.38. The van der Waals surface area contributed by atoms with Gasteiger partial charge in [0.1, 0.15) is 6.61 Å². The number of hydrogen-bond donors (Lipinski definition) is 2. The van der Waals surface area contributed by atoms with Gasteiger partial charge in [0.05, 0.1) is 11.4 Å². The van der Waals surface area contributed by atoms with Gasteiger partial charge >= 0.3 is 0 Å². The van der Waals surface area contributed by atoms with Crippen LogP contribution in [0.3, 0.4) is 0 Å². The average molecular weight is 243 g/mol. The van der Waals surface area contributed by atoms with Crippen LogP contribution in [0.1, 0.15) is 0 Å². The Kier molecular flexibility index (Phi) is 4.75. The molecule has 1 rings (SSSR count). The standard InChI is InChI=1S/C10H11ClN2O3/c1-16-5-10(15)13-8-3-2-7(11)4-9(8)12-6-14/h2-4,6H,5H2,1H3,(H,12,14)(H,13,15). The molecule has 2 N–H and O–H groups in total. The van der Waals surface area contributed by atoms with Crippen LogP contribution in [0.15, 0.2) is 18.2 Å². The van der Waals surface area contributed by atoms with Crippen LogP contribution in [0.4, 0.5) is 11.4 Å². The van der Waals surface area contributed by atoms with Crippen LogP contribution in [0.5, 0.6) is 0 Å². The molecular formula is C10H11ClN2O3. The predicted molar refractivity (Wildman–Crippen MR) is 61.6 cm³/mol. The highest BCUT2D eigenvalue weighted by atomic mass is 35.5. The minimum absolute atomic E-state index is 0.0524. The Labute approximate surface area is 97.7 Å². The van der Waals surface area contributed by atoms with Crippen molar-refractivity contribution >= 4 is 35.3 Å². The number of nitrogens with one attached hydrogen (secondary N) is 2. The highest BCUT2D eigenvalue weighted by molar-refractivity contribution is 6.31. The number of anilines is 2. The number of methoxy groups -OCH3 is 1. The van der Waals surface area contributed by atoms with Crippen molar-refractivity contribution in [2.45, 2.75) is 0 Å². The Morgan fingerprint density at radius 2 is 2.25 bits per heavy atom. The van der Waals surface area contributed by atoms with Gasteiger partial charge in [-0.1, -0.05) is 11.6 Å². The number of carbonyl (C=O) groups is 2. The molecule has 0 aromatic heterocycles. The molecule has 2 amide bonds. The van der Waals surface area contributed by atoms with Crippen LogP contribution in [-0.4, -0.2) is 26.0 Å². The summed E-state index contributed by atoms with van der Waals surface area (Å²) in [4.78, 5) is 21.6. The summed E-state index contributed by atoms with van der Waals surface area (Å²) >= 11 is 5.76. The first-order valence-corrected chi connectivity index (χ1v) is 4.83. The van der Waals surface area contributed by atoms with Crippen LogP contribution in [0.25, 0.3) is 0 Å². The van der Waals surface area contributed by atoms with Crippen molar-refractivity contribution in [3.8, 4) is 0 Å². The second-order valence-corrected chi connectivity index (χ2v) is 3.37. The van der Waals surface area contributed by atoms with E-state index in [1.54, 1.807) is 18.2 Å². The molecule has 0 bridgehead atoms. The molecule has 0 spiro atoms. The number of halogens is 1. The molecular weight excluding hydrogens is 232 g/mol. The smallest absolute Gasteiger partial charge is 0.250 e. The van der Waals surface area contributed by atoms with Crippen molar-refractivity contribution in [3.05, 3.63) is 23.2 Å². The molecule has 0 aliphatic rings. The summed E-state index contributed by atoms with van der Waals surface area (Å²) in [5.74, 6) is -0.307. The van der Waals surface area contributed by atoms with Gasteiger partial charge in [0.25, 0.3) is 0 Å². The topological polar surface area (TPSA) is 67.4 Å². The Hall–Kier alpha value is -1.59. The van der Waals surface area contributed by atoms with Crippen LogP contribution in [0.2, 0.25) is 5.02 Å². The number of rotatable bonds is 5. The Balaban J connectivity index is 2.85. The zero-order valence-electron chi connectivity index (χ0n) is 8.62. The molecule has 86 valence electrons. The maximum Gasteiger partial charge on any atom is 0.250 e. The SMILES string of the molecule is COCC(=O)Nc1ccc(Cl)cc1NC=O. The lowest BCUT2D eigenvalue weighted by Crippen LogP contribution is -2.18. The van der Waals surface area contributed by atoms with E-state index in [-0.39, 0.29) is 12.5 Å². The van der Waals surface area contributed by atoms with Crippen LogP contribution >= 0.6 is 11.6 Å². The second kappa shape index (κ2) is 6.09. The Bertz CT molecular complexity index is 396. The van der Waals surface area contributed by atoms with E-state index in [0.717, 1.165) is 0 Å². The third-order valence-electron chi connectivity index (χ3n) is 1.75. The van der Waals surface area contributed by atoms with E-state index in [9.17, 15) is 9.59 Å². The lowest BCUT2D eigenvalue weighted by atomic mass is 10.2. The number of amides is 2. The van der Waals surface area contributed by atoms with Crippen molar-refractivity contribution in [1.82, 2.24) is 0 Å². The highest BCUT2D eigenvalue weighted by Gasteiger charge is 2.06. The third kappa shape index (κ3) is 3.52. The maximum absolute atomic E-state index is 11.3. The van der Waals surface area contributed by atoms with Crippen LogP contribution in [0, 0.1) is 0 Å². The van der Waals surface area contributed by atoms with Crippen molar-refractivity contribution in [3.63, 3.8) is 0 Å². The van der Waals surface area contributed by atoms with Gasteiger partial charge in [-0.3, -0.25) is 9.59 Å². The van der Waals surface area contributed by atoms with Gasteiger partial charge in [0, 0.05) is 12.1 Å². The van der Waals surface area contributed by atoms with Gasteiger partial charge in [0.2, 0.25) is 12.3 Å².